The van der Waals surface area contributed by atoms with Gasteiger partial charge in [0.15, 0.2) is 0 Å². The van der Waals surface area contributed by atoms with Gasteiger partial charge < -0.3 is 4.57 Å². The molecule has 6 heteroatoms. The van der Waals surface area contributed by atoms with E-state index in [0.29, 0.717) is 17.6 Å². The van der Waals surface area contributed by atoms with Crippen molar-refractivity contribution in [3.05, 3.63) is 108 Å². The summed E-state index contributed by atoms with van der Waals surface area (Å²) >= 11 is 0. The lowest BCUT2D eigenvalue weighted by Gasteiger charge is -2.07. The second-order valence-corrected chi connectivity index (χ2v) is 5.98. The van der Waals surface area contributed by atoms with E-state index in [9.17, 15) is 4.79 Å². The van der Waals surface area contributed by atoms with E-state index < -0.39 is 0 Å². The molecule has 0 aliphatic heterocycles. The lowest BCUT2D eigenvalue weighted by Crippen LogP contribution is -2.22. The summed E-state index contributed by atoms with van der Waals surface area (Å²) in [5, 5.41) is 4.07. The van der Waals surface area contributed by atoms with Gasteiger partial charge in [0.1, 0.15) is 18.1 Å². The molecule has 0 atom stereocenters. The van der Waals surface area contributed by atoms with Crippen LogP contribution in [0.2, 0.25) is 0 Å². The van der Waals surface area contributed by atoms with Crippen molar-refractivity contribution in [1.82, 2.24) is 19.3 Å². The molecule has 0 spiro atoms. The van der Waals surface area contributed by atoms with E-state index in [0.717, 1.165) is 11.3 Å². The lowest BCUT2D eigenvalue weighted by atomic mass is 10.2. The molecule has 27 heavy (non-hydrogen) atoms. The minimum atomic E-state index is -0.284. The maximum Gasteiger partial charge on any atom is 0.278 e. The first-order chi connectivity index (χ1) is 13.3. The van der Waals surface area contributed by atoms with Crippen molar-refractivity contribution in [3.63, 3.8) is 0 Å². The summed E-state index contributed by atoms with van der Waals surface area (Å²) < 4.78 is 3.59. The fourth-order valence-electron chi connectivity index (χ4n) is 2.75. The first-order valence-electron chi connectivity index (χ1n) is 8.53. The number of aromatic nitrogens is 4. The largest absolute Gasteiger partial charge is 0.328 e. The van der Waals surface area contributed by atoms with Crippen LogP contribution in [0.4, 0.5) is 0 Å². The summed E-state index contributed by atoms with van der Waals surface area (Å²) in [6.07, 6.45) is 5.00. The Labute approximate surface area is 156 Å². The van der Waals surface area contributed by atoms with Gasteiger partial charge in [0, 0.05) is 18.3 Å². The number of hydrogen-bond acceptors (Lipinski definition) is 3. The molecular formula is C21H17N5O. The average molecular weight is 355 g/mol. The van der Waals surface area contributed by atoms with Crippen molar-refractivity contribution in [2.45, 2.75) is 6.54 Å². The first-order valence-corrected chi connectivity index (χ1v) is 8.53. The highest BCUT2D eigenvalue weighted by Crippen LogP contribution is 2.09. The molecule has 4 rings (SSSR count). The number of pyridine rings is 1. The quantitative estimate of drug-likeness (QED) is 0.565. The molecule has 2 aromatic heterocycles. The topological polar surface area (TPSA) is 65.1 Å². The highest BCUT2D eigenvalue weighted by Gasteiger charge is 2.06. The maximum atomic E-state index is 12.6. The molecule has 0 bridgehead atoms. The van der Waals surface area contributed by atoms with Crippen LogP contribution < -0.4 is 5.49 Å². The van der Waals surface area contributed by atoms with Gasteiger partial charge in [-0.15, -0.1) is 0 Å². The van der Waals surface area contributed by atoms with Gasteiger partial charge in [-0.2, -0.15) is 10.1 Å². The molecule has 4 aromatic rings. The summed E-state index contributed by atoms with van der Waals surface area (Å²) in [6, 6.07) is 22.8. The number of hydrogen-bond donors (Lipinski definition) is 0. The summed E-state index contributed by atoms with van der Waals surface area (Å²) in [7, 11) is 0. The Balaban J connectivity index is 1.61. The highest BCUT2D eigenvalue weighted by atomic mass is 16.1. The minimum absolute atomic E-state index is 0.284. The Morgan fingerprint density at radius 1 is 0.926 bits per heavy atom. The van der Waals surface area contributed by atoms with Crippen LogP contribution in [0.3, 0.4) is 0 Å². The van der Waals surface area contributed by atoms with E-state index in [4.69, 9.17) is 0 Å². The van der Waals surface area contributed by atoms with Gasteiger partial charge in [-0.1, -0.05) is 36.4 Å². The molecule has 0 fully saturated rings. The molecule has 0 aliphatic carbocycles. The normalized spacial score (nSPS) is 11.5. The van der Waals surface area contributed by atoms with Crippen molar-refractivity contribution >= 4 is 5.91 Å². The maximum absolute atomic E-state index is 12.6. The van der Waals surface area contributed by atoms with Crippen molar-refractivity contribution in [2.75, 3.05) is 0 Å². The Hall–Kier alpha value is -3.80. The van der Waals surface area contributed by atoms with Crippen molar-refractivity contribution in [3.8, 4) is 5.69 Å². The number of rotatable bonds is 4. The summed E-state index contributed by atoms with van der Waals surface area (Å²) in [5.41, 5.74) is 3.12. The molecule has 2 heterocycles. The number of amides is 1. The summed E-state index contributed by atoms with van der Waals surface area (Å²) in [6.45, 7) is 0.652. The molecule has 0 radical (unpaired) electrons. The molecule has 6 nitrogen and oxygen atoms in total. The van der Waals surface area contributed by atoms with E-state index in [1.807, 2.05) is 59.3 Å². The van der Waals surface area contributed by atoms with Crippen molar-refractivity contribution < 1.29 is 4.79 Å². The molecule has 2 aromatic carbocycles. The molecule has 132 valence electrons. The zero-order valence-electron chi connectivity index (χ0n) is 14.5. The lowest BCUT2D eigenvalue weighted by molar-refractivity contribution is 0.0997. The number of carbonyl (C=O) groups excluding carboxylic acids is 1. The third-order valence-corrected chi connectivity index (χ3v) is 4.13. The predicted molar refractivity (Wildman–Crippen MR) is 101 cm³/mol. The van der Waals surface area contributed by atoms with Gasteiger partial charge in [-0.05, 0) is 42.0 Å². The third-order valence-electron chi connectivity index (χ3n) is 4.13. The van der Waals surface area contributed by atoms with Gasteiger partial charge in [0.25, 0.3) is 5.91 Å². The standard InChI is InChI=1S/C21H17N5O/c27-21(18-9-11-19(12-10-18)26-16-22-15-23-26)24-20-8-4-5-13-25(20)14-17-6-2-1-3-7-17/h1-13,15-16H,14H2. The monoisotopic (exact) mass is 355 g/mol. The van der Waals surface area contributed by atoms with Gasteiger partial charge in [-0.25, -0.2) is 9.67 Å². The minimum Gasteiger partial charge on any atom is -0.328 e. The van der Waals surface area contributed by atoms with Crippen LogP contribution in [-0.2, 0) is 6.54 Å². The highest BCUT2D eigenvalue weighted by molar-refractivity contribution is 5.95. The number of benzene rings is 2. The van der Waals surface area contributed by atoms with E-state index in [1.165, 1.54) is 6.33 Å². The van der Waals surface area contributed by atoms with Crippen LogP contribution in [0.25, 0.3) is 5.69 Å². The van der Waals surface area contributed by atoms with Crippen LogP contribution in [0.5, 0.6) is 0 Å². The van der Waals surface area contributed by atoms with E-state index in [1.54, 1.807) is 23.1 Å². The summed E-state index contributed by atoms with van der Waals surface area (Å²) in [4.78, 5) is 20.8. The third kappa shape index (κ3) is 3.90. The van der Waals surface area contributed by atoms with Gasteiger partial charge in [-0.3, -0.25) is 4.79 Å². The Morgan fingerprint density at radius 3 is 2.44 bits per heavy atom. The van der Waals surface area contributed by atoms with Gasteiger partial charge >= 0.3 is 0 Å². The molecule has 0 aliphatic rings. The molecule has 0 N–H and O–H groups in total. The zero-order valence-corrected chi connectivity index (χ0v) is 14.5. The first kappa shape index (κ1) is 16.7. The van der Waals surface area contributed by atoms with Gasteiger partial charge in [0.2, 0.25) is 0 Å². The number of carbonyl (C=O) groups is 1. The van der Waals surface area contributed by atoms with E-state index in [2.05, 4.69) is 27.2 Å². The van der Waals surface area contributed by atoms with Crippen molar-refractivity contribution in [1.29, 1.82) is 0 Å². The van der Waals surface area contributed by atoms with Crippen LogP contribution in [0.15, 0.2) is 96.6 Å². The molecular weight excluding hydrogens is 338 g/mol. The second kappa shape index (κ2) is 7.61. The molecule has 0 saturated carbocycles. The SMILES string of the molecule is O=C(N=c1ccccn1Cc1ccccc1)c1ccc(-n2cncn2)cc1. The van der Waals surface area contributed by atoms with E-state index in [-0.39, 0.29) is 5.91 Å². The van der Waals surface area contributed by atoms with Crippen LogP contribution in [0, 0.1) is 0 Å². The smallest absolute Gasteiger partial charge is 0.278 e. The Bertz CT molecular complexity index is 1100. The zero-order chi connectivity index (χ0) is 18.5. The Morgan fingerprint density at radius 2 is 1.70 bits per heavy atom. The molecule has 0 unspecified atom stereocenters. The van der Waals surface area contributed by atoms with E-state index >= 15 is 0 Å². The fraction of sp³-hybridized carbons (Fsp3) is 0.0476. The van der Waals surface area contributed by atoms with Crippen molar-refractivity contribution in [2.24, 2.45) is 4.99 Å². The van der Waals surface area contributed by atoms with Gasteiger partial charge in [0.05, 0.1) is 5.69 Å². The molecule has 0 saturated heterocycles. The van der Waals surface area contributed by atoms with Crippen LogP contribution in [-0.4, -0.2) is 25.2 Å². The van der Waals surface area contributed by atoms with Crippen LogP contribution >= 0.6 is 0 Å². The predicted octanol–water partition coefficient (Wildman–Crippen LogP) is 2.86. The Kier molecular flexibility index (Phi) is 4.70. The van der Waals surface area contributed by atoms with Crippen LogP contribution in [0.1, 0.15) is 15.9 Å². The summed E-state index contributed by atoms with van der Waals surface area (Å²) in [5.74, 6) is -0.284. The second-order valence-electron chi connectivity index (χ2n) is 5.98. The average Bonchev–Trinajstić information content (AvgIpc) is 3.25. The number of nitrogens with zero attached hydrogens (tertiary/aromatic N) is 5. The fourth-order valence-corrected chi connectivity index (χ4v) is 2.75. The molecule has 1 amide bonds.